The number of ketones is 1. The number of carbonyl (C=O) groups is 2. The Balaban J connectivity index is 2.01. The Labute approximate surface area is 214 Å². The van der Waals surface area contributed by atoms with E-state index in [1.807, 2.05) is 18.4 Å². The molecule has 1 amide bonds. The number of aryl methyl sites for hydroxylation is 1. The van der Waals surface area contributed by atoms with E-state index in [1.165, 1.54) is 36.5 Å². The van der Waals surface area contributed by atoms with Crippen LogP contribution >= 0.6 is 46.1 Å². The first-order valence-corrected chi connectivity index (χ1v) is 11.9. The molecule has 176 valence electrons. The molecule has 0 aliphatic carbocycles. The van der Waals surface area contributed by atoms with Crippen LogP contribution in [0.15, 0.2) is 47.4 Å². The van der Waals surface area contributed by atoms with Crippen LogP contribution in [0.1, 0.15) is 22.0 Å². The molecule has 1 aromatic heterocycles. The van der Waals surface area contributed by atoms with Gasteiger partial charge >= 0.3 is 0 Å². The summed E-state index contributed by atoms with van der Waals surface area (Å²) in [6.45, 7) is 1.87. The molecule has 0 saturated carbocycles. The molecule has 1 aliphatic rings. The van der Waals surface area contributed by atoms with E-state index in [2.05, 4.69) is 0 Å². The van der Waals surface area contributed by atoms with Crippen molar-refractivity contribution >= 4 is 69.3 Å². The van der Waals surface area contributed by atoms with Gasteiger partial charge in [-0.1, -0.05) is 34.8 Å². The number of anilines is 1. The Morgan fingerprint density at radius 1 is 1.03 bits per heavy atom. The number of methoxy groups -OCH3 is 2. The first-order chi connectivity index (χ1) is 16.2. The number of rotatable bonds is 5. The summed E-state index contributed by atoms with van der Waals surface area (Å²) >= 11 is 20.1. The van der Waals surface area contributed by atoms with Crippen LogP contribution in [-0.2, 0) is 9.59 Å². The number of halogens is 3. The van der Waals surface area contributed by atoms with Crippen LogP contribution in [0.25, 0.3) is 5.76 Å². The lowest BCUT2D eigenvalue weighted by molar-refractivity contribution is -0.132. The summed E-state index contributed by atoms with van der Waals surface area (Å²) in [7, 11) is 2.75. The van der Waals surface area contributed by atoms with Crippen LogP contribution < -0.4 is 14.4 Å². The van der Waals surface area contributed by atoms with Crippen molar-refractivity contribution in [1.82, 2.24) is 0 Å². The van der Waals surface area contributed by atoms with E-state index >= 15 is 0 Å². The molecule has 1 aliphatic heterocycles. The number of ether oxygens (including phenoxy) is 2. The summed E-state index contributed by atoms with van der Waals surface area (Å²) in [6, 6.07) is 8.92. The molecule has 10 heteroatoms. The van der Waals surface area contributed by atoms with Gasteiger partial charge in [-0.15, -0.1) is 11.3 Å². The van der Waals surface area contributed by atoms with E-state index in [4.69, 9.17) is 44.3 Å². The SMILES string of the molecule is COc1c(Cl)cc(/C(O)=C2\C(=O)C(=O)N(c3ccc(Cl)cc3)C2c2sccc2C)c(OC)c1Cl. The van der Waals surface area contributed by atoms with E-state index in [9.17, 15) is 14.7 Å². The number of aliphatic hydroxyl groups excluding tert-OH is 1. The Morgan fingerprint density at radius 3 is 2.24 bits per heavy atom. The maximum Gasteiger partial charge on any atom is 0.300 e. The third-order valence-electron chi connectivity index (χ3n) is 5.49. The molecule has 2 aromatic carbocycles. The van der Waals surface area contributed by atoms with Crippen LogP contribution in [0.5, 0.6) is 11.5 Å². The zero-order valence-corrected chi connectivity index (χ0v) is 21.3. The maximum absolute atomic E-state index is 13.3. The molecular weight excluding hydrogens is 521 g/mol. The van der Waals surface area contributed by atoms with Crippen LogP contribution in [0, 0.1) is 6.92 Å². The Kier molecular flexibility index (Phi) is 6.82. The van der Waals surface area contributed by atoms with Gasteiger partial charge in [0.2, 0.25) is 0 Å². The van der Waals surface area contributed by atoms with Gasteiger partial charge < -0.3 is 14.6 Å². The highest BCUT2D eigenvalue weighted by atomic mass is 35.5. The van der Waals surface area contributed by atoms with E-state index < -0.39 is 23.5 Å². The van der Waals surface area contributed by atoms with Gasteiger partial charge in [0, 0.05) is 15.6 Å². The van der Waals surface area contributed by atoms with E-state index in [-0.39, 0.29) is 32.7 Å². The molecule has 1 N–H and O–H groups in total. The zero-order chi connectivity index (χ0) is 24.7. The minimum absolute atomic E-state index is 0.0230. The van der Waals surface area contributed by atoms with Crippen molar-refractivity contribution in [3.63, 3.8) is 0 Å². The number of hydrogen-bond donors (Lipinski definition) is 1. The van der Waals surface area contributed by atoms with Crippen molar-refractivity contribution in [3.8, 4) is 11.5 Å². The Hall–Kier alpha value is -2.71. The summed E-state index contributed by atoms with van der Waals surface area (Å²) in [5, 5.41) is 13.9. The number of carbonyl (C=O) groups excluding carboxylic acids is 2. The van der Waals surface area contributed by atoms with Crippen molar-refractivity contribution in [2.45, 2.75) is 13.0 Å². The highest BCUT2D eigenvalue weighted by Crippen LogP contribution is 2.49. The largest absolute Gasteiger partial charge is 0.507 e. The Bertz CT molecular complexity index is 1330. The number of benzene rings is 2. The number of Topliss-reactive ketones (excluding diaryl/α,β-unsaturated/α-hetero) is 1. The molecule has 6 nitrogen and oxygen atoms in total. The van der Waals surface area contributed by atoms with Crippen molar-refractivity contribution in [1.29, 1.82) is 0 Å². The van der Waals surface area contributed by atoms with Gasteiger partial charge in [0.05, 0.1) is 30.4 Å². The summed E-state index contributed by atoms with van der Waals surface area (Å²) in [5.41, 5.74) is 1.27. The van der Waals surface area contributed by atoms with Gasteiger partial charge in [-0.3, -0.25) is 14.5 Å². The highest BCUT2D eigenvalue weighted by molar-refractivity contribution is 7.10. The molecule has 1 unspecified atom stereocenters. The molecule has 34 heavy (non-hydrogen) atoms. The predicted molar refractivity (Wildman–Crippen MR) is 135 cm³/mol. The minimum atomic E-state index is -0.884. The molecule has 1 atom stereocenters. The molecular formula is C24H18Cl3NO5S. The van der Waals surface area contributed by atoms with E-state index in [1.54, 1.807) is 24.3 Å². The third-order valence-corrected chi connectivity index (χ3v) is 7.44. The molecule has 1 saturated heterocycles. The van der Waals surface area contributed by atoms with E-state index in [0.29, 0.717) is 10.7 Å². The van der Waals surface area contributed by atoms with Gasteiger partial charge in [-0.2, -0.15) is 0 Å². The van der Waals surface area contributed by atoms with Crippen molar-refractivity contribution in [2.75, 3.05) is 19.1 Å². The Morgan fingerprint density at radius 2 is 1.68 bits per heavy atom. The molecule has 4 rings (SSSR count). The summed E-state index contributed by atoms with van der Waals surface area (Å²) in [4.78, 5) is 28.6. The summed E-state index contributed by atoms with van der Waals surface area (Å²) in [6.07, 6.45) is 0. The first-order valence-electron chi connectivity index (χ1n) is 9.92. The third kappa shape index (κ3) is 3.92. The number of aliphatic hydroxyl groups is 1. The van der Waals surface area contributed by atoms with Gasteiger partial charge in [0.15, 0.2) is 11.5 Å². The van der Waals surface area contributed by atoms with Gasteiger partial charge in [-0.05, 0) is 54.3 Å². The normalized spacial score (nSPS) is 17.4. The molecule has 0 radical (unpaired) electrons. The number of nitrogens with zero attached hydrogens (tertiary/aromatic N) is 1. The fourth-order valence-corrected chi connectivity index (χ4v) is 5.74. The minimum Gasteiger partial charge on any atom is -0.507 e. The lowest BCUT2D eigenvalue weighted by Crippen LogP contribution is -2.29. The standard InChI is InChI=1S/C24H18Cl3NO5S/c1-11-8-9-34-23(11)18-16(20(30)24(31)28(18)13-6-4-12(25)5-7-13)19(29)14-10-15(26)22(33-3)17(27)21(14)32-2/h4-10,18,29H,1-3H3/b19-16+. The van der Waals surface area contributed by atoms with Crippen molar-refractivity contribution < 1.29 is 24.2 Å². The van der Waals surface area contributed by atoms with Crippen LogP contribution in [0.3, 0.4) is 0 Å². The summed E-state index contributed by atoms with van der Waals surface area (Å²) < 4.78 is 10.6. The number of thiophene rings is 1. The van der Waals surface area contributed by atoms with Crippen LogP contribution in [-0.4, -0.2) is 31.0 Å². The average molecular weight is 539 g/mol. The molecule has 2 heterocycles. The second-order valence-electron chi connectivity index (χ2n) is 7.40. The van der Waals surface area contributed by atoms with Gasteiger partial charge in [0.25, 0.3) is 11.7 Å². The molecule has 3 aromatic rings. The fraction of sp³-hybridized carbons (Fsp3) is 0.167. The zero-order valence-electron chi connectivity index (χ0n) is 18.2. The first kappa shape index (κ1) is 24.4. The van der Waals surface area contributed by atoms with Crippen LogP contribution in [0.2, 0.25) is 15.1 Å². The highest BCUT2D eigenvalue weighted by Gasteiger charge is 2.48. The summed E-state index contributed by atoms with van der Waals surface area (Å²) in [5.74, 6) is -1.89. The average Bonchev–Trinajstić information content (AvgIpc) is 3.34. The van der Waals surface area contributed by atoms with E-state index in [0.717, 1.165) is 10.4 Å². The maximum atomic E-state index is 13.3. The second kappa shape index (κ2) is 9.50. The lowest BCUT2D eigenvalue weighted by atomic mass is 9.97. The van der Waals surface area contributed by atoms with Crippen molar-refractivity contribution in [3.05, 3.63) is 78.4 Å². The second-order valence-corrected chi connectivity index (χ2v) is 9.57. The van der Waals surface area contributed by atoms with Crippen LogP contribution in [0.4, 0.5) is 5.69 Å². The van der Waals surface area contributed by atoms with Crippen molar-refractivity contribution in [2.24, 2.45) is 0 Å². The number of amides is 1. The molecule has 0 spiro atoms. The predicted octanol–water partition coefficient (Wildman–Crippen LogP) is 6.66. The monoisotopic (exact) mass is 537 g/mol. The topological polar surface area (TPSA) is 76.1 Å². The van der Waals surface area contributed by atoms with Gasteiger partial charge in [-0.25, -0.2) is 0 Å². The van der Waals surface area contributed by atoms with Gasteiger partial charge in [0.1, 0.15) is 16.8 Å². The smallest absolute Gasteiger partial charge is 0.300 e. The molecule has 1 fully saturated rings. The number of hydrogen-bond acceptors (Lipinski definition) is 6. The molecule has 0 bridgehead atoms. The lowest BCUT2D eigenvalue weighted by Gasteiger charge is -2.25. The quantitative estimate of drug-likeness (QED) is 0.223. The fourth-order valence-electron chi connectivity index (χ4n) is 3.90.